The second-order valence-electron chi connectivity index (χ2n) is 3.52. The zero-order chi connectivity index (χ0) is 13.3. The number of carbonyl (C=O) groups is 1. The lowest BCUT2D eigenvalue weighted by atomic mass is 10.0. The lowest BCUT2D eigenvalue weighted by Gasteiger charge is -2.06. The van der Waals surface area contributed by atoms with Gasteiger partial charge in [0.2, 0.25) is 5.78 Å². The lowest BCUT2D eigenvalue weighted by Crippen LogP contribution is -2.11. The van der Waals surface area contributed by atoms with Crippen LogP contribution in [0.3, 0.4) is 0 Å². The quantitative estimate of drug-likeness (QED) is 0.592. The van der Waals surface area contributed by atoms with Crippen LogP contribution in [0.15, 0.2) is 36.4 Å². The van der Waals surface area contributed by atoms with E-state index in [0.29, 0.717) is 0 Å². The van der Waals surface area contributed by atoms with Crippen molar-refractivity contribution in [2.24, 2.45) is 0 Å². The Morgan fingerprint density at radius 1 is 0.667 bits per heavy atom. The zero-order valence-electron chi connectivity index (χ0n) is 8.88. The molecule has 0 N–H and O–H groups in total. The number of rotatable bonds is 2. The Kier molecular flexibility index (Phi) is 3.14. The van der Waals surface area contributed by atoms with Gasteiger partial charge in [-0.2, -0.15) is 0 Å². The third kappa shape index (κ3) is 1.99. The van der Waals surface area contributed by atoms with Crippen molar-refractivity contribution in [3.8, 4) is 0 Å². The van der Waals surface area contributed by atoms with Crippen molar-refractivity contribution >= 4 is 5.78 Å². The minimum Gasteiger partial charge on any atom is -0.288 e. The van der Waals surface area contributed by atoms with Crippen molar-refractivity contribution in [1.29, 1.82) is 0 Å². The normalized spacial score (nSPS) is 10.4. The van der Waals surface area contributed by atoms with E-state index in [1.165, 1.54) is 0 Å². The summed E-state index contributed by atoms with van der Waals surface area (Å²) in [7, 11) is 0. The largest absolute Gasteiger partial charge is 0.288 e. The third-order valence-electron chi connectivity index (χ3n) is 2.38. The summed E-state index contributed by atoms with van der Waals surface area (Å²) >= 11 is 0. The molecule has 0 radical (unpaired) electrons. The fraction of sp³-hybridized carbons (Fsp3) is 0. The van der Waals surface area contributed by atoms with Gasteiger partial charge in [-0.15, -0.1) is 0 Å². The Bertz CT molecular complexity index is 528. The van der Waals surface area contributed by atoms with Gasteiger partial charge in [-0.05, 0) is 24.3 Å². The topological polar surface area (TPSA) is 17.1 Å². The molecule has 0 saturated heterocycles. The minimum absolute atomic E-state index is 0.842. The minimum atomic E-state index is -1.36. The van der Waals surface area contributed by atoms with E-state index in [4.69, 9.17) is 0 Å². The molecular weight excluding hydrogens is 248 g/mol. The first kappa shape index (κ1) is 12.3. The molecule has 5 heteroatoms. The van der Waals surface area contributed by atoms with Crippen LogP contribution in [0.5, 0.6) is 0 Å². The van der Waals surface area contributed by atoms with E-state index < -0.39 is 40.2 Å². The molecule has 0 aromatic heterocycles. The van der Waals surface area contributed by atoms with Crippen LogP contribution >= 0.6 is 0 Å². The summed E-state index contributed by atoms with van der Waals surface area (Å²) in [6.07, 6.45) is 0. The van der Waals surface area contributed by atoms with Crippen LogP contribution in [-0.4, -0.2) is 5.78 Å². The highest BCUT2D eigenvalue weighted by Gasteiger charge is 2.24. The molecule has 0 amide bonds. The van der Waals surface area contributed by atoms with Gasteiger partial charge in [0.1, 0.15) is 23.3 Å². The lowest BCUT2D eigenvalue weighted by molar-refractivity contribution is 0.102. The summed E-state index contributed by atoms with van der Waals surface area (Å²) in [6.45, 7) is 0. The van der Waals surface area contributed by atoms with E-state index in [9.17, 15) is 22.4 Å². The Labute approximate surface area is 99.7 Å². The Morgan fingerprint density at radius 3 is 1.22 bits per heavy atom. The predicted molar refractivity (Wildman–Crippen MR) is 56.1 cm³/mol. The van der Waals surface area contributed by atoms with Gasteiger partial charge >= 0.3 is 0 Å². The van der Waals surface area contributed by atoms with E-state index >= 15 is 0 Å². The average molecular weight is 254 g/mol. The van der Waals surface area contributed by atoms with Gasteiger partial charge in [0, 0.05) is 0 Å². The molecule has 92 valence electrons. The van der Waals surface area contributed by atoms with E-state index in [0.717, 1.165) is 36.4 Å². The van der Waals surface area contributed by atoms with Crippen LogP contribution < -0.4 is 0 Å². The van der Waals surface area contributed by atoms with Gasteiger partial charge in [-0.3, -0.25) is 4.79 Å². The molecule has 0 heterocycles. The molecular formula is C13H6F4O. The Balaban J connectivity index is 2.63. The predicted octanol–water partition coefficient (Wildman–Crippen LogP) is 3.47. The van der Waals surface area contributed by atoms with E-state index in [2.05, 4.69) is 0 Å². The molecule has 0 unspecified atom stereocenters. The van der Waals surface area contributed by atoms with Crippen molar-refractivity contribution in [2.75, 3.05) is 0 Å². The van der Waals surface area contributed by atoms with E-state index in [-0.39, 0.29) is 0 Å². The molecule has 2 aromatic carbocycles. The molecule has 0 aliphatic carbocycles. The SMILES string of the molecule is O=C(c1c(F)cccc1F)c1c(F)cccc1F. The molecule has 0 atom stereocenters. The molecule has 2 aromatic rings. The summed E-state index contributed by atoms with van der Waals surface area (Å²) in [6, 6.07) is 5.48. The molecule has 2 rings (SSSR count). The summed E-state index contributed by atoms with van der Waals surface area (Å²) in [5.41, 5.74) is -1.94. The monoisotopic (exact) mass is 254 g/mol. The van der Waals surface area contributed by atoms with Gasteiger partial charge in [-0.1, -0.05) is 12.1 Å². The van der Waals surface area contributed by atoms with Gasteiger partial charge < -0.3 is 0 Å². The van der Waals surface area contributed by atoms with Crippen LogP contribution in [0.1, 0.15) is 15.9 Å². The van der Waals surface area contributed by atoms with Crippen LogP contribution in [0.4, 0.5) is 17.6 Å². The third-order valence-corrected chi connectivity index (χ3v) is 2.38. The first-order valence-electron chi connectivity index (χ1n) is 4.95. The second kappa shape index (κ2) is 4.60. The summed E-state index contributed by atoms with van der Waals surface area (Å²) in [5, 5.41) is 0. The molecule has 0 aliphatic heterocycles. The fourth-order valence-electron chi connectivity index (χ4n) is 1.55. The molecule has 0 fully saturated rings. The summed E-state index contributed by atoms with van der Waals surface area (Å²) in [4.78, 5) is 11.8. The maximum absolute atomic E-state index is 13.3. The van der Waals surface area contributed by atoms with Crippen LogP contribution in [-0.2, 0) is 0 Å². The highest BCUT2D eigenvalue weighted by atomic mass is 19.1. The Hall–Kier alpha value is -2.17. The van der Waals surface area contributed by atoms with Crippen molar-refractivity contribution in [2.45, 2.75) is 0 Å². The fourth-order valence-corrected chi connectivity index (χ4v) is 1.55. The van der Waals surface area contributed by atoms with Crippen molar-refractivity contribution in [3.05, 3.63) is 70.8 Å². The number of hydrogen-bond acceptors (Lipinski definition) is 1. The molecule has 1 nitrogen and oxygen atoms in total. The first-order chi connectivity index (χ1) is 8.52. The van der Waals surface area contributed by atoms with Crippen LogP contribution in [0.2, 0.25) is 0 Å². The first-order valence-corrected chi connectivity index (χ1v) is 4.95. The number of carbonyl (C=O) groups excluding carboxylic acids is 1. The number of halogens is 4. The summed E-state index contributed by atoms with van der Waals surface area (Å²) in [5.74, 6) is -6.02. The van der Waals surface area contributed by atoms with Gasteiger partial charge in [0.25, 0.3) is 0 Å². The molecule has 0 saturated carbocycles. The van der Waals surface area contributed by atoms with Gasteiger partial charge in [0.05, 0.1) is 11.1 Å². The standard InChI is InChI=1S/C13H6F4O/c14-7-3-1-4-8(15)11(7)13(18)12-9(16)5-2-6-10(12)17/h1-6H. The summed E-state index contributed by atoms with van der Waals surface area (Å²) < 4.78 is 53.4. The molecule has 0 aliphatic rings. The number of ketones is 1. The highest BCUT2D eigenvalue weighted by molar-refractivity contribution is 6.09. The maximum Gasteiger partial charge on any atom is 0.204 e. The van der Waals surface area contributed by atoms with Crippen LogP contribution in [0.25, 0.3) is 0 Å². The second-order valence-corrected chi connectivity index (χ2v) is 3.52. The zero-order valence-corrected chi connectivity index (χ0v) is 8.88. The average Bonchev–Trinajstić information content (AvgIpc) is 2.28. The maximum atomic E-state index is 13.3. The van der Waals surface area contributed by atoms with Gasteiger partial charge in [-0.25, -0.2) is 17.6 Å². The molecule has 0 bridgehead atoms. The Morgan fingerprint density at radius 2 is 0.944 bits per heavy atom. The van der Waals surface area contributed by atoms with Crippen molar-refractivity contribution in [1.82, 2.24) is 0 Å². The smallest absolute Gasteiger partial charge is 0.204 e. The number of benzene rings is 2. The van der Waals surface area contributed by atoms with Crippen molar-refractivity contribution in [3.63, 3.8) is 0 Å². The van der Waals surface area contributed by atoms with E-state index in [1.807, 2.05) is 0 Å². The number of hydrogen-bond donors (Lipinski definition) is 0. The highest BCUT2D eigenvalue weighted by Crippen LogP contribution is 2.21. The van der Waals surface area contributed by atoms with Crippen LogP contribution in [0, 0.1) is 23.3 Å². The van der Waals surface area contributed by atoms with E-state index in [1.54, 1.807) is 0 Å². The molecule has 0 spiro atoms. The molecule has 18 heavy (non-hydrogen) atoms. The van der Waals surface area contributed by atoms with Crippen molar-refractivity contribution < 1.29 is 22.4 Å². The van der Waals surface area contributed by atoms with Gasteiger partial charge in [0.15, 0.2) is 0 Å².